The van der Waals surface area contributed by atoms with E-state index in [1.54, 1.807) is 13.8 Å². The largest absolute Gasteiger partial charge is 0.388 e. The van der Waals surface area contributed by atoms with Crippen LogP contribution >= 0.6 is 0 Å². The lowest BCUT2D eigenvalue weighted by molar-refractivity contribution is -0.0420. The van der Waals surface area contributed by atoms with Crippen LogP contribution in [-0.2, 0) is 11.3 Å². The van der Waals surface area contributed by atoms with Gasteiger partial charge < -0.3 is 15.2 Å². The van der Waals surface area contributed by atoms with Crippen LogP contribution in [0.15, 0.2) is 30.3 Å². The van der Waals surface area contributed by atoms with E-state index in [1.807, 2.05) is 6.07 Å². The lowest BCUT2D eigenvalue weighted by Gasteiger charge is -2.27. The predicted molar refractivity (Wildman–Crippen MR) is 79.0 cm³/mol. The molecule has 0 bridgehead atoms. The highest BCUT2D eigenvalue weighted by Crippen LogP contribution is 2.15. The van der Waals surface area contributed by atoms with Crippen molar-refractivity contribution in [2.75, 3.05) is 19.8 Å². The molecule has 0 aliphatic rings. The van der Waals surface area contributed by atoms with Gasteiger partial charge in [-0.05, 0) is 19.4 Å². The van der Waals surface area contributed by atoms with E-state index in [1.165, 1.54) is 5.56 Å². The Morgan fingerprint density at radius 3 is 2.26 bits per heavy atom. The summed E-state index contributed by atoms with van der Waals surface area (Å²) in [7, 11) is 0. The Kier molecular flexibility index (Phi) is 5.98. The SMILES string of the molecule is CC(C)(O)COCC(C)(C)CNCc1ccccc1. The third-order valence-corrected chi connectivity index (χ3v) is 2.72. The van der Waals surface area contributed by atoms with Crippen LogP contribution in [0, 0.1) is 5.41 Å². The summed E-state index contributed by atoms with van der Waals surface area (Å²) in [6.07, 6.45) is 0. The van der Waals surface area contributed by atoms with Crippen molar-refractivity contribution in [2.24, 2.45) is 5.41 Å². The number of aliphatic hydroxyl groups is 1. The Morgan fingerprint density at radius 1 is 1.05 bits per heavy atom. The third kappa shape index (κ3) is 7.98. The molecule has 3 heteroatoms. The number of nitrogens with one attached hydrogen (secondary N) is 1. The molecular weight excluding hydrogens is 238 g/mol. The van der Waals surface area contributed by atoms with Gasteiger partial charge in [0, 0.05) is 18.5 Å². The van der Waals surface area contributed by atoms with Gasteiger partial charge in [-0.2, -0.15) is 0 Å². The first-order valence-corrected chi connectivity index (χ1v) is 6.83. The summed E-state index contributed by atoms with van der Waals surface area (Å²) in [5.41, 5.74) is 0.587. The van der Waals surface area contributed by atoms with E-state index in [-0.39, 0.29) is 5.41 Å². The Morgan fingerprint density at radius 2 is 1.68 bits per heavy atom. The van der Waals surface area contributed by atoms with Crippen molar-refractivity contribution in [1.29, 1.82) is 0 Å². The summed E-state index contributed by atoms with van der Waals surface area (Å²) in [4.78, 5) is 0. The molecular formula is C16H27NO2. The molecule has 1 aromatic carbocycles. The second kappa shape index (κ2) is 7.04. The molecule has 3 nitrogen and oxygen atoms in total. The molecule has 0 aliphatic carbocycles. The normalized spacial score (nSPS) is 12.7. The quantitative estimate of drug-likeness (QED) is 0.759. The summed E-state index contributed by atoms with van der Waals surface area (Å²) in [6.45, 7) is 10.6. The van der Waals surface area contributed by atoms with E-state index in [4.69, 9.17) is 4.74 Å². The minimum Gasteiger partial charge on any atom is -0.388 e. The predicted octanol–water partition coefficient (Wildman–Crippen LogP) is 2.59. The van der Waals surface area contributed by atoms with E-state index in [0.29, 0.717) is 13.2 Å². The minimum atomic E-state index is -0.756. The van der Waals surface area contributed by atoms with Gasteiger partial charge in [-0.15, -0.1) is 0 Å². The van der Waals surface area contributed by atoms with Gasteiger partial charge in [-0.1, -0.05) is 44.2 Å². The van der Waals surface area contributed by atoms with Gasteiger partial charge in [0.15, 0.2) is 0 Å². The van der Waals surface area contributed by atoms with Gasteiger partial charge >= 0.3 is 0 Å². The molecule has 0 fully saturated rings. The lowest BCUT2D eigenvalue weighted by Crippen LogP contribution is -2.35. The molecule has 1 aromatic rings. The molecule has 0 saturated heterocycles. The molecule has 0 atom stereocenters. The smallest absolute Gasteiger partial charge is 0.0824 e. The van der Waals surface area contributed by atoms with Crippen LogP contribution in [0.2, 0.25) is 0 Å². The van der Waals surface area contributed by atoms with E-state index < -0.39 is 5.60 Å². The van der Waals surface area contributed by atoms with Crippen molar-refractivity contribution in [3.8, 4) is 0 Å². The van der Waals surface area contributed by atoms with Crippen molar-refractivity contribution in [2.45, 2.75) is 39.8 Å². The zero-order chi connectivity index (χ0) is 14.4. The third-order valence-electron chi connectivity index (χ3n) is 2.72. The van der Waals surface area contributed by atoms with Crippen molar-refractivity contribution < 1.29 is 9.84 Å². The molecule has 2 N–H and O–H groups in total. The van der Waals surface area contributed by atoms with Gasteiger partial charge in [0.1, 0.15) is 0 Å². The highest BCUT2D eigenvalue weighted by molar-refractivity contribution is 5.14. The summed E-state index contributed by atoms with van der Waals surface area (Å²) in [5.74, 6) is 0. The number of hydrogen-bond acceptors (Lipinski definition) is 3. The summed E-state index contributed by atoms with van der Waals surface area (Å²) < 4.78 is 5.58. The average molecular weight is 265 g/mol. The van der Waals surface area contributed by atoms with Crippen molar-refractivity contribution in [1.82, 2.24) is 5.32 Å². The van der Waals surface area contributed by atoms with Crippen molar-refractivity contribution in [3.63, 3.8) is 0 Å². The number of rotatable bonds is 8. The Bertz CT molecular complexity index is 355. The van der Waals surface area contributed by atoms with Crippen LogP contribution in [0.1, 0.15) is 33.3 Å². The maximum Gasteiger partial charge on any atom is 0.0824 e. The van der Waals surface area contributed by atoms with Crippen LogP contribution in [0.4, 0.5) is 0 Å². The molecule has 19 heavy (non-hydrogen) atoms. The Labute approximate surface area is 117 Å². The number of ether oxygens (including phenoxy) is 1. The highest BCUT2D eigenvalue weighted by Gasteiger charge is 2.20. The zero-order valence-corrected chi connectivity index (χ0v) is 12.6. The Balaban J connectivity index is 2.23. The van der Waals surface area contributed by atoms with E-state index in [0.717, 1.165) is 13.1 Å². The van der Waals surface area contributed by atoms with Crippen LogP contribution in [0.25, 0.3) is 0 Å². The maximum atomic E-state index is 9.60. The first kappa shape index (κ1) is 16.2. The fraction of sp³-hybridized carbons (Fsp3) is 0.625. The van der Waals surface area contributed by atoms with Crippen molar-refractivity contribution in [3.05, 3.63) is 35.9 Å². The van der Waals surface area contributed by atoms with Crippen molar-refractivity contribution >= 4 is 0 Å². The number of benzene rings is 1. The van der Waals surface area contributed by atoms with Gasteiger partial charge in [0.05, 0.1) is 18.8 Å². The standard InChI is InChI=1S/C16H27NO2/c1-15(2,12-19-13-16(3,4)18)11-17-10-14-8-6-5-7-9-14/h5-9,17-18H,10-13H2,1-4H3. The molecule has 0 heterocycles. The second-order valence-electron chi connectivity index (χ2n) is 6.56. The highest BCUT2D eigenvalue weighted by atomic mass is 16.5. The molecule has 0 aromatic heterocycles. The molecule has 0 spiro atoms. The topological polar surface area (TPSA) is 41.5 Å². The Hall–Kier alpha value is -0.900. The van der Waals surface area contributed by atoms with Crippen LogP contribution in [0.5, 0.6) is 0 Å². The fourth-order valence-corrected chi connectivity index (χ4v) is 1.77. The molecule has 0 unspecified atom stereocenters. The number of hydrogen-bond donors (Lipinski definition) is 2. The van der Waals surface area contributed by atoms with Gasteiger partial charge in [0.2, 0.25) is 0 Å². The minimum absolute atomic E-state index is 0.0556. The van der Waals surface area contributed by atoms with Gasteiger partial charge in [-0.25, -0.2) is 0 Å². The van der Waals surface area contributed by atoms with E-state index in [9.17, 15) is 5.11 Å². The first-order valence-electron chi connectivity index (χ1n) is 6.83. The van der Waals surface area contributed by atoms with E-state index >= 15 is 0 Å². The zero-order valence-electron chi connectivity index (χ0n) is 12.6. The van der Waals surface area contributed by atoms with Crippen LogP contribution in [0.3, 0.4) is 0 Å². The molecule has 108 valence electrons. The van der Waals surface area contributed by atoms with Crippen LogP contribution < -0.4 is 5.32 Å². The van der Waals surface area contributed by atoms with Crippen LogP contribution in [-0.4, -0.2) is 30.5 Å². The molecule has 0 amide bonds. The van der Waals surface area contributed by atoms with E-state index in [2.05, 4.69) is 43.4 Å². The molecule has 0 saturated carbocycles. The maximum absolute atomic E-state index is 9.60. The monoisotopic (exact) mass is 265 g/mol. The fourth-order valence-electron chi connectivity index (χ4n) is 1.77. The molecule has 0 aliphatic heterocycles. The summed E-state index contributed by atoms with van der Waals surface area (Å²) >= 11 is 0. The molecule has 1 rings (SSSR count). The lowest BCUT2D eigenvalue weighted by atomic mass is 9.94. The summed E-state index contributed by atoms with van der Waals surface area (Å²) in [5, 5.41) is 13.0. The van der Waals surface area contributed by atoms with Gasteiger partial charge in [0.25, 0.3) is 0 Å². The summed E-state index contributed by atoms with van der Waals surface area (Å²) in [6, 6.07) is 10.4. The molecule has 0 radical (unpaired) electrons. The second-order valence-corrected chi connectivity index (χ2v) is 6.56. The first-order chi connectivity index (χ1) is 8.79. The van der Waals surface area contributed by atoms with Gasteiger partial charge in [-0.3, -0.25) is 0 Å². The average Bonchev–Trinajstić information content (AvgIpc) is 2.28.